The van der Waals surface area contributed by atoms with Crippen molar-refractivity contribution in [2.45, 2.75) is 46.5 Å². The summed E-state index contributed by atoms with van der Waals surface area (Å²) in [5, 5.41) is 0. The van der Waals surface area contributed by atoms with Crippen molar-refractivity contribution in [2.75, 3.05) is 6.61 Å². The van der Waals surface area contributed by atoms with Crippen LogP contribution in [-0.2, 0) is 4.52 Å². The number of hydrogen-bond donors (Lipinski definition) is 1. The molecule has 1 unspecified atom stereocenters. The van der Waals surface area contributed by atoms with Crippen molar-refractivity contribution < 1.29 is 13.9 Å². The van der Waals surface area contributed by atoms with Crippen molar-refractivity contribution in [2.24, 2.45) is 0 Å². The van der Waals surface area contributed by atoms with E-state index >= 15 is 0 Å². The maximum absolute atomic E-state index is 9.67. The highest BCUT2D eigenvalue weighted by molar-refractivity contribution is 7.41. The molecule has 1 aromatic rings. The molecule has 1 atom stereocenters. The standard InChI is InChI=1S/C14H23O3P/c1-4-5-6-7-10-16-18(15)17-14-9-8-12(2)11-13(14)3/h8-9,11,15H,4-7,10H2,1-3H3. The Bertz CT molecular complexity index is 355. The summed E-state index contributed by atoms with van der Waals surface area (Å²) in [6.45, 7) is 6.73. The maximum Gasteiger partial charge on any atom is 0.394 e. The van der Waals surface area contributed by atoms with E-state index in [-0.39, 0.29) is 0 Å². The van der Waals surface area contributed by atoms with Crippen LogP contribution in [0.5, 0.6) is 5.75 Å². The lowest BCUT2D eigenvalue weighted by Crippen LogP contribution is -1.96. The van der Waals surface area contributed by atoms with Gasteiger partial charge < -0.3 is 13.9 Å². The maximum atomic E-state index is 9.67. The third kappa shape index (κ3) is 5.81. The molecule has 1 aromatic carbocycles. The van der Waals surface area contributed by atoms with Crippen molar-refractivity contribution in [1.29, 1.82) is 0 Å². The predicted octanol–water partition coefficient (Wildman–Crippen LogP) is 4.50. The fourth-order valence-corrected chi connectivity index (χ4v) is 2.39. The van der Waals surface area contributed by atoms with Gasteiger partial charge in [-0.25, -0.2) is 0 Å². The summed E-state index contributed by atoms with van der Waals surface area (Å²) in [6, 6.07) is 5.86. The zero-order chi connectivity index (χ0) is 13.4. The normalized spacial score (nSPS) is 12.4. The number of benzene rings is 1. The molecule has 0 saturated carbocycles. The summed E-state index contributed by atoms with van der Waals surface area (Å²) in [6.07, 6.45) is 4.53. The Kier molecular flexibility index (Phi) is 7.26. The molecule has 0 aliphatic heterocycles. The molecule has 0 aliphatic carbocycles. The summed E-state index contributed by atoms with van der Waals surface area (Å²) >= 11 is 0. The Morgan fingerprint density at radius 1 is 1.17 bits per heavy atom. The Morgan fingerprint density at radius 3 is 2.61 bits per heavy atom. The van der Waals surface area contributed by atoms with Crippen molar-refractivity contribution in [3.8, 4) is 5.75 Å². The molecule has 0 spiro atoms. The highest BCUT2D eigenvalue weighted by Crippen LogP contribution is 2.36. The van der Waals surface area contributed by atoms with Crippen LogP contribution >= 0.6 is 8.60 Å². The van der Waals surface area contributed by atoms with Crippen molar-refractivity contribution in [3.63, 3.8) is 0 Å². The van der Waals surface area contributed by atoms with Gasteiger partial charge in [0.2, 0.25) is 0 Å². The first-order valence-electron chi connectivity index (χ1n) is 6.50. The van der Waals surface area contributed by atoms with E-state index in [1.807, 2.05) is 32.0 Å². The van der Waals surface area contributed by atoms with E-state index in [2.05, 4.69) is 6.92 Å². The van der Waals surface area contributed by atoms with Crippen LogP contribution in [0.2, 0.25) is 0 Å². The first-order chi connectivity index (χ1) is 8.63. The van der Waals surface area contributed by atoms with Crippen LogP contribution < -0.4 is 4.52 Å². The van der Waals surface area contributed by atoms with Crippen molar-refractivity contribution in [3.05, 3.63) is 29.3 Å². The summed E-state index contributed by atoms with van der Waals surface area (Å²) < 4.78 is 10.7. The van der Waals surface area contributed by atoms with E-state index in [1.165, 1.54) is 18.4 Å². The lowest BCUT2D eigenvalue weighted by Gasteiger charge is -2.13. The zero-order valence-corrected chi connectivity index (χ0v) is 12.4. The Labute approximate surface area is 111 Å². The van der Waals surface area contributed by atoms with E-state index in [4.69, 9.17) is 9.05 Å². The fourth-order valence-electron chi connectivity index (χ4n) is 1.68. The Hall–Kier alpha value is -0.630. The van der Waals surface area contributed by atoms with E-state index in [0.717, 1.165) is 18.4 Å². The second kappa shape index (κ2) is 8.47. The van der Waals surface area contributed by atoms with E-state index < -0.39 is 8.60 Å². The second-order valence-electron chi connectivity index (χ2n) is 4.49. The van der Waals surface area contributed by atoms with Crippen molar-refractivity contribution in [1.82, 2.24) is 0 Å². The molecular weight excluding hydrogens is 247 g/mol. The largest absolute Gasteiger partial charge is 0.427 e. The molecule has 0 aromatic heterocycles. The monoisotopic (exact) mass is 270 g/mol. The minimum Gasteiger partial charge on any atom is -0.427 e. The lowest BCUT2D eigenvalue weighted by atomic mass is 10.1. The van der Waals surface area contributed by atoms with Crippen LogP contribution in [0.25, 0.3) is 0 Å². The molecule has 1 N–H and O–H groups in total. The molecule has 18 heavy (non-hydrogen) atoms. The quantitative estimate of drug-likeness (QED) is 0.558. The minimum atomic E-state index is -1.80. The van der Waals surface area contributed by atoms with Gasteiger partial charge in [-0.2, -0.15) is 0 Å². The molecule has 0 aliphatic rings. The molecule has 1 rings (SSSR count). The average Bonchev–Trinajstić information content (AvgIpc) is 2.32. The number of unbranched alkanes of at least 4 members (excludes halogenated alkanes) is 3. The van der Waals surface area contributed by atoms with Crippen LogP contribution in [0.1, 0.15) is 43.7 Å². The first kappa shape index (κ1) is 15.4. The van der Waals surface area contributed by atoms with Gasteiger partial charge in [-0.05, 0) is 31.9 Å². The molecule has 0 saturated heterocycles. The second-order valence-corrected chi connectivity index (χ2v) is 5.41. The van der Waals surface area contributed by atoms with Crippen LogP contribution in [0.3, 0.4) is 0 Å². The molecule has 0 fully saturated rings. The van der Waals surface area contributed by atoms with E-state index in [0.29, 0.717) is 12.4 Å². The third-order valence-corrected chi connectivity index (χ3v) is 3.46. The summed E-state index contributed by atoms with van der Waals surface area (Å²) in [7, 11) is -1.80. The third-order valence-electron chi connectivity index (χ3n) is 2.71. The summed E-state index contributed by atoms with van der Waals surface area (Å²) in [5.74, 6) is 0.697. The van der Waals surface area contributed by atoms with Crippen LogP contribution in [0.4, 0.5) is 0 Å². The Balaban J connectivity index is 2.28. The molecule has 4 heteroatoms. The van der Waals surface area contributed by atoms with Crippen molar-refractivity contribution >= 4 is 8.60 Å². The topological polar surface area (TPSA) is 38.7 Å². The SMILES string of the molecule is CCCCCCOP(O)Oc1ccc(C)cc1C. The lowest BCUT2D eigenvalue weighted by molar-refractivity contribution is 0.253. The first-order valence-corrected chi connectivity index (χ1v) is 7.63. The molecule has 0 heterocycles. The van der Waals surface area contributed by atoms with Crippen LogP contribution in [0, 0.1) is 13.8 Å². The molecule has 0 radical (unpaired) electrons. The van der Waals surface area contributed by atoms with Crippen LogP contribution in [-0.4, -0.2) is 11.5 Å². The van der Waals surface area contributed by atoms with Gasteiger partial charge >= 0.3 is 8.60 Å². The predicted molar refractivity (Wildman–Crippen MR) is 75.8 cm³/mol. The van der Waals surface area contributed by atoms with E-state index in [1.54, 1.807) is 0 Å². The smallest absolute Gasteiger partial charge is 0.394 e. The number of aryl methyl sites for hydroxylation is 2. The summed E-state index contributed by atoms with van der Waals surface area (Å²) in [4.78, 5) is 9.67. The van der Waals surface area contributed by atoms with Crippen LogP contribution in [0.15, 0.2) is 18.2 Å². The molecular formula is C14H23O3P. The van der Waals surface area contributed by atoms with Gasteiger partial charge in [0.15, 0.2) is 0 Å². The molecule has 0 amide bonds. The Morgan fingerprint density at radius 2 is 1.94 bits per heavy atom. The number of rotatable bonds is 8. The van der Waals surface area contributed by atoms with Gasteiger partial charge in [-0.15, -0.1) is 0 Å². The van der Waals surface area contributed by atoms with Gasteiger partial charge in [-0.1, -0.05) is 43.9 Å². The molecule has 3 nitrogen and oxygen atoms in total. The zero-order valence-electron chi connectivity index (χ0n) is 11.5. The fraction of sp³-hybridized carbons (Fsp3) is 0.571. The highest BCUT2D eigenvalue weighted by atomic mass is 31.2. The van der Waals surface area contributed by atoms with Gasteiger partial charge in [-0.3, -0.25) is 0 Å². The van der Waals surface area contributed by atoms with E-state index in [9.17, 15) is 4.89 Å². The average molecular weight is 270 g/mol. The molecule has 0 bridgehead atoms. The minimum absolute atomic E-state index is 0.563. The van der Waals surface area contributed by atoms with Gasteiger partial charge in [0, 0.05) is 0 Å². The number of hydrogen-bond acceptors (Lipinski definition) is 3. The van der Waals surface area contributed by atoms with Gasteiger partial charge in [0.05, 0.1) is 6.61 Å². The van der Waals surface area contributed by atoms with Gasteiger partial charge in [0.1, 0.15) is 5.75 Å². The highest BCUT2D eigenvalue weighted by Gasteiger charge is 2.10. The van der Waals surface area contributed by atoms with Gasteiger partial charge in [0.25, 0.3) is 0 Å². The summed E-state index contributed by atoms with van der Waals surface area (Å²) in [5.41, 5.74) is 2.20. The molecule has 102 valence electrons.